The third-order valence-electron chi connectivity index (χ3n) is 1.71. The summed E-state index contributed by atoms with van der Waals surface area (Å²) < 4.78 is 2.80. The van der Waals surface area contributed by atoms with Gasteiger partial charge >= 0.3 is 91.4 Å². The number of rotatable bonds is 4. The molecule has 0 bridgehead atoms. The van der Waals surface area contributed by atoms with E-state index in [-0.39, 0.29) is 0 Å². The molecule has 0 spiro atoms. The minimum absolute atomic E-state index is 0.427. The van der Waals surface area contributed by atoms with Crippen LogP contribution >= 0.6 is 0 Å². The van der Waals surface area contributed by atoms with Crippen LogP contribution in [0.1, 0.15) is 19.8 Å². The molecule has 1 rings (SSSR count). The van der Waals surface area contributed by atoms with Crippen molar-refractivity contribution >= 4 is 19.4 Å². The molecule has 2 heteroatoms. The topological polar surface area (TPSA) is 23.8 Å². The fourth-order valence-electron chi connectivity index (χ4n) is 1.06. The zero-order valence-electron chi connectivity index (χ0n) is 8.23. The number of benzene rings is 1. The van der Waals surface area contributed by atoms with Crippen LogP contribution in [0, 0.1) is 11.3 Å². The van der Waals surface area contributed by atoms with Crippen LogP contribution in [0.2, 0.25) is 0 Å². The zero-order valence-corrected chi connectivity index (χ0v) is 9.95. The van der Waals surface area contributed by atoms with Gasteiger partial charge < -0.3 is 0 Å². The van der Waals surface area contributed by atoms with Crippen LogP contribution < -0.4 is 4.46 Å². The maximum atomic E-state index is 8.39. The van der Waals surface area contributed by atoms with E-state index in [2.05, 4.69) is 43.3 Å². The van der Waals surface area contributed by atoms with E-state index in [1.54, 1.807) is 0 Å². The Morgan fingerprint density at radius 3 is 2.79 bits per heavy atom. The summed E-state index contributed by atoms with van der Waals surface area (Å²) in [5.41, 5.74) is 0. The minimum atomic E-state index is 0.427. The van der Waals surface area contributed by atoms with Crippen LogP contribution in [-0.2, 0) is 0 Å². The van der Waals surface area contributed by atoms with Crippen LogP contribution in [0.25, 0.3) is 0 Å². The third kappa shape index (κ3) is 4.28. The number of nitriles is 1. The van der Waals surface area contributed by atoms with Gasteiger partial charge in [0.25, 0.3) is 0 Å². The van der Waals surface area contributed by atoms with Gasteiger partial charge in [0, 0.05) is 0 Å². The van der Waals surface area contributed by atoms with Gasteiger partial charge in [0.2, 0.25) is 0 Å². The Bertz CT molecular complexity index is 335. The second kappa shape index (κ2) is 6.43. The molecule has 0 N–H and O–H groups in total. The van der Waals surface area contributed by atoms with Crippen LogP contribution in [0.5, 0.6) is 0 Å². The first-order valence-corrected chi connectivity index (χ1v) is 6.31. The number of unbranched alkanes of at least 4 members (excludes halogenated alkanes) is 1. The Labute approximate surface area is 91.6 Å². The summed E-state index contributed by atoms with van der Waals surface area (Å²) in [7, 11) is 0. The van der Waals surface area contributed by atoms with Gasteiger partial charge in [-0.1, -0.05) is 0 Å². The van der Waals surface area contributed by atoms with Gasteiger partial charge in [0.1, 0.15) is 0 Å². The van der Waals surface area contributed by atoms with E-state index in [1.165, 1.54) is 8.93 Å². The van der Waals surface area contributed by atoms with Crippen molar-refractivity contribution < 1.29 is 0 Å². The molecule has 0 aliphatic carbocycles. The predicted octanol–water partition coefficient (Wildman–Crippen LogP) is 2.22. The van der Waals surface area contributed by atoms with Gasteiger partial charge in [-0.15, -0.1) is 0 Å². The van der Waals surface area contributed by atoms with Gasteiger partial charge in [0.05, 0.1) is 0 Å². The Kier molecular flexibility index (Phi) is 5.07. The van der Waals surface area contributed by atoms with E-state index in [0.717, 1.165) is 6.42 Å². The molecule has 72 valence electrons. The molecule has 0 aliphatic rings. The number of hydrogen-bond acceptors (Lipinski definition) is 1. The van der Waals surface area contributed by atoms with Crippen LogP contribution in [0.15, 0.2) is 40.9 Å². The molecule has 0 saturated carbocycles. The Morgan fingerprint density at radius 2 is 2.14 bits per heavy atom. The molecular formula is C12H13NSe. The summed E-state index contributed by atoms with van der Waals surface area (Å²) in [6.45, 7) is 2.14. The van der Waals surface area contributed by atoms with Gasteiger partial charge in [-0.3, -0.25) is 0 Å². The Morgan fingerprint density at radius 1 is 1.43 bits per heavy atom. The fourth-order valence-corrected chi connectivity index (χ4v) is 2.87. The van der Waals surface area contributed by atoms with Crippen LogP contribution in [0.3, 0.4) is 0 Å². The normalized spacial score (nSPS) is 11.0. The average Bonchev–Trinajstić information content (AvgIpc) is 2.20. The summed E-state index contributed by atoms with van der Waals surface area (Å²) in [5.74, 6) is 0. The van der Waals surface area contributed by atoms with E-state index in [1.807, 2.05) is 6.07 Å². The van der Waals surface area contributed by atoms with Crippen molar-refractivity contribution in [3.05, 3.63) is 40.9 Å². The van der Waals surface area contributed by atoms with E-state index in [9.17, 15) is 0 Å². The first-order valence-electron chi connectivity index (χ1n) is 4.59. The van der Waals surface area contributed by atoms with Crippen molar-refractivity contribution in [3.63, 3.8) is 0 Å². The van der Waals surface area contributed by atoms with E-state index in [0.29, 0.717) is 21.4 Å². The SMILES string of the molecule is C/C(=C\CCC#N)[Se]c1ccccc1. The van der Waals surface area contributed by atoms with Crippen LogP contribution in [-0.4, -0.2) is 15.0 Å². The molecule has 0 saturated heterocycles. The Hall–Kier alpha value is -1.03. The molecule has 0 heterocycles. The molecule has 0 unspecified atom stereocenters. The van der Waals surface area contributed by atoms with Crippen molar-refractivity contribution in [2.24, 2.45) is 0 Å². The van der Waals surface area contributed by atoms with E-state index < -0.39 is 0 Å². The monoisotopic (exact) mass is 251 g/mol. The molecule has 0 amide bonds. The molecule has 14 heavy (non-hydrogen) atoms. The second-order valence-electron chi connectivity index (χ2n) is 2.93. The second-order valence-corrected chi connectivity index (χ2v) is 5.70. The Balaban J connectivity index is 2.45. The van der Waals surface area contributed by atoms with Gasteiger partial charge in [-0.05, 0) is 0 Å². The molecule has 0 fully saturated rings. The molecule has 0 radical (unpaired) electrons. The summed E-state index contributed by atoms with van der Waals surface area (Å²) in [5, 5.41) is 8.39. The third-order valence-corrected chi connectivity index (χ3v) is 3.80. The van der Waals surface area contributed by atoms with Crippen molar-refractivity contribution in [2.75, 3.05) is 0 Å². The van der Waals surface area contributed by atoms with Gasteiger partial charge in [-0.2, -0.15) is 0 Å². The average molecular weight is 250 g/mol. The van der Waals surface area contributed by atoms with E-state index >= 15 is 0 Å². The molecule has 0 atom stereocenters. The first kappa shape index (κ1) is 11.0. The molecular weight excluding hydrogens is 237 g/mol. The number of nitrogens with zero attached hydrogens (tertiary/aromatic N) is 1. The number of allylic oxidation sites excluding steroid dienone is 2. The molecule has 1 aromatic carbocycles. The van der Waals surface area contributed by atoms with Crippen molar-refractivity contribution in [2.45, 2.75) is 19.8 Å². The summed E-state index contributed by atoms with van der Waals surface area (Å²) in [6.07, 6.45) is 3.69. The first-order chi connectivity index (χ1) is 6.83. The van der Waals surface area contributed by atoms with Crippen molar-refractivity contribution in [3.8, 4) is 6.07 Å². The zero-order chi connectivity index (χ0) is 10.2. The summed E-state index contributed by atoms with van der Waals surface area (Å²) >= 11 is 0.427. The summed E-state index contributed by atoms with van der Waals surface area (Å²) in [4.78, 5) is 0. The predicted molar refractivity (Wildman–Crippen MR) is 60.4 cm³/mol. The molecule has 1 aromatic rings. The van der Waals surface area contributed by atoms with Crippen molar-refractivity contribution in [1.29, 1.82) is 5.26 Å². The number of hydrogen-bond donors (Lipinski definition) is 0. The molecule has 0 aliphatic heterocycles. The maximum absolute atomic E-state index is 8.39. The molecule has 0 aromatic heterocycles. The van der Waals surface area contributed by atoms with Gasteiger partial charge in [-0.25, -0.2) is 0 Å². The standard InChI is InChI=1S/C12H13NSe/c1-11(7-5-6-10-13)14-12-8-3-2-4-9-12/h2-4,7-9H,5-6H2,1H3/b11-7+. The quantitative estimate of drug-likeness (QED) is 0.593. The fraction of sp³-hybridized carbons (Fsp3) is 0.250. The molecule has 1 nitrogen and oxygen atoms in total. The summed E-state index contributed by atoms with van der Waals surface area (Å²) in [6, 6.07) is 12.6. The van der Waals surface area contributed by atoms with E-state index in [4.69, 9.17) is 5.26 Å². The van der Waals surface area contributed by atoms with Gasteiger partial charge in [0.15, 0.2) is 0 Å². The van der Waals surface area contributed by atoms with Crippen molar-refractivity contribution in [1.82, 2.24) is 0 Å². The van der Waals surface area contributed by atoms with Crippen LogP contribution in [0.4, 0.5) is 0 Å².